The van der Waals surface area contributed by atoms with Crippen LogP contribution in [-0.2, 0) is 11.4 Å². The Hall–Kier alpha value is -5.08. The maximum absolute atomic E-state index is 12.5. The van der Waals surface area contributed by atoms with Crippen LogP contribution in [0.1, 0.15) is 27.0 Å². The summed E-state index contributed by atoms with van der Waals surface area (Å²) in [5, 5.41) is 30.3. The molecule has 0 heterocycles. The maximum Gasteiger partial charge on any atom is 0.335 e. The Bertz CT molecular complexity index is 1350. The van der Waals surface area contributed by atoms with Gasteiger partial charge in [0.1, 0.15) is 18.2 Å². The second kappa shape index (κ2) is 11.0. The number of anilines is 1. The second-order valence-corrected chi connectivity index (χ2v) is 6.98. The Labute approximate surface area is 195 Å². The van der Waals surface area contributed by atoms with Gasteiger partial charge in [0.05, 0.1) is 24.3 Å². The number of carbonyl (C=O) groups is 2. The minimum absolute atomic E-state index is 0.0120. The molecule has 0 spiro atoms. The second-order valence-electron chi connectivity index (χ2n) is 6.98. The van der Waals surface area contributed by atoms with E-state index in [9.17, 15) is 20.1 Å². The fourth-order valence-corrected chi connectivity index (χ4v) is 3.05. The maximum atomic E-state index is 12.5. The van der Waals surface area contributed by atoms with Crippen molar-refractivity contribution in [2.24, 2.45) is 0 Å². The number of benzene rings is 3. The van der Waals surface area contributed by atoms with Crippen molar-refractivity contribution in [3.05, 3.63) is 94.6 Å². The molecule has 168 valence electrons. The molecular weight excluding hydrogens is 434 g/mol. The van der Waals surface area contributed by atoms with E-state index in [1.807, 2.05) is 12.1 Å². The lowest BCUT2D eigenvalue weighted by Crippen LogP contribution is -2.14. The normalized spacial score (nSPS) is 10.5. The summed E-state index contributed by atoms with van der Waals surface area (Å²) in [7, 11) is 1.46. The highest BCUT2D eigenvalue weighted by Gasteiger charge is 2.13. The highest BCUT2D eigenvalue weighted by Crippen LogP contribution is 2.30. The number of rotatable bonds is 8. The number of hydrogen-bond acceptors (Lipinski definition) is 6. The molecule has 0 atom stereocenters. The zero-order valence-corrected chi connectivity index (χ0v) is 18.1. The fourth-order valence-electron chi connectivity index (χ4n) is 3.05. The average molecular weight is 453 g/mol. The summed E-state index contributed by atoms with van der Waals surface area (Å²) in [6, 6.07) is 21.7. The predicted molar refractivity (Wildman–Crippen MR) is 124 cm³/mol. The molecule has 34 heavy (non-hydrogen) atoms. The summed E-state index contributed by atoms with van der Waals surface area (Å²) in [6.07, 6.45) is 1.38. The number of methoxy groups -OCH3 is 1. The molecule has 3 rings (SSSR count). The topological polar surface area (TPSA) is 132 Å². The number of ether oxygens (including phenoxy) is 2. The van der Waals surface area contributed by atoms with Gasteiger partial charge in [0.2, 0.25) is 0 Å². The van der Waals surface area contributed by atoms with Crippen LogP contribution in [0, 0.1) is 22.7 Å². The van der Waals surface area contributed by atoms with Crippen molar-refractivity contribution >= 4 is 23.6 Å². The SMILES string of the molecule is COc1cc(/C=C(/C#N)C(=O)Nc2cccc(C(=O)O)c2)ccc1OCc1ccccc1C#N. The molecule has 0 saturated carbocycles. The molecule has 8 heteroatoms. The first-order chi connectivity index (χ1) is 16.4. The van der Waals surface area contributed by atoms with E-state index in [0.29, 0.717) is 22.6 Å². The molecule has 0 fully saturated rings. The smallest absolute Gasteiger partial charge is 0.335 e. The Morgan fingerprint density at radius 3 is 2.53 bits per heavy atom. The first-order valence-corrected chi connectivity index (χ1v) is 10.0. The van der Waals surface area contributed by atoms with E-state index in [1.54, 1.807) is 36.4 Å². The van der Waals surface area contributed by atoms with Crippen molar-refractivity contribution in [2.75, 3.05) is 12.4 Å². The Balaban J connectivity index is 1.78. The fraction of sp³-hybridized carbons (Fsp3) is 0.0769. The van der Waals surface area contributed by atoms with Gasteiger partial charge in [-0.25, -0.2) is 4.79 Å². The van der Waals surface area contributed by atoms with Crippen LogP contribution in [0.4, 0.5) is 5.69 Å². The van der Waals surface area contributed by atoms with Gasteiger partial charge in [-0.1, -0.05) is 30.3 Å². The number of carboxylic acids is 1. The van der Waals surface area contributed by atoms with Crippen LogP contribution in [0.25, 0.3) is 6.08 Å². The molecule has 0 aliphatic heterocycles. The van der Waals surface area contributed by atoms with E-state index in [1.165, 1.54) is 37.5 Å². The van der Waals surface area contributed by atoms with Crippen molar-refractivity contribution in [3.8, 4) is 23.6 Å². The average Bonchev–Trinajstić information content (AvgIpc) is 2.86. The van der Waals surface area contributed by atoms with E-state index < -0.39 is 11.9 Å². The number of carbonyl (C=O) groups excluding carboxylic acids is 1. The van der Waals surface area contributed by atoms with Crippen LogP contribution in [0.15, 0.2) is 72.3 Å². The van der Waals surface area contributed by atoms with Gasteiger partial charge in [-0.15, -0.1) is 0 Å². The van der Waals surface area contributed by atoms with Crippen molar-refractivity contribution in [1.82, 2.24) is 0 Å². The van der Waals surface area contributed by atoms with Gasteiger partial charge >= 0.3 is 5.97 Å². The van der Waals surface area contributed by atoms with Crippen LogP contribution in [0.5, 0.6) is 11.5 Å². The summed E-state index contributed by atoms with van der Waals surface area (Å²) < 4.78 is 11.2. The molecule has 0 aliphatic carbocycles. The van der Waals surface area contributed by atoms with Crippen LogP contribution < -0.4 is 14.8 Å². The number of aromatic carboxylic acids is 1. The van der Waals surface area contributed by atoms with Gasteiger partial charge in [-0.05, 0) is 48.0 Å². The number of carboxylic acid groups (broad SMARTS) is 1. The van der Waals surface area contributed by atoms with Crippen LogP contribution in [0.3, 0.4) is 0 Å². The number of amides is 1. The molecule has 0 unspecified atom stereocenters. The number of nitrogens with zero attached hydrogens (tertiary/aromatic N) is 2. The van der Waals surface area contributed by atoms with E-state index in [2.05, 4.69) is 11.4 Å². The van der Waals surface area contributed by atoms with Crippen molar-refractivity contribution < 1.29 is 24.2 Å². The molecule has 1 amide bonds. The number of nitrogens with one attached hydrogen (secondary N) is 1. The molecule has 2 N–H and O–H groups in total. The minimum Gasteiger partial charge on any atom is -0.493 e. The Kier molecular flexibility index (Phi) is 7.62. The van der Waals surface area contributed by atoms with Gasteiger partial charge < -0.3 is 19.9 Å². The van der Waals surface area contributed by atoms with E-state index in [4.69, 9.17) is 14.6 Å². The van der Waals surface area contributed by atoms with Crippen LogP contribution in [0.2, 0.25) is 0 Å². The summed E-state index contributed by atoms with van der Waals surface area (Å²) in [4.78, 5) is 23.6. The Morgan fingerprint density at radius 2 is 1.82 bits per heavy atom. The third kappa shape index (κ3) is 5.78. The summed E-state index contributed by atoms with van der Waals surface area (Å²) in [6.45, 7) is 0.163. The molecule has 8 nitrogen and oxygen atoms in total. The van der Waals surface area contributed by atoms with E-state index in [-0.39, 0.29) is 23.4 Å². The van der Waals surface area contributed by atoms with Gasteiger partial charge in [-0.3, -0.25) is 4.79 Å². The number of hydrogen-bond donors (Lipinski definition) is 2. The lowest BCUT2D eigenvalue weighted by molar-refractivity contribution is -0.112. The predicted octanol–water partition coefficient (Wildman–Crippen LogP) is 4.39. The molecule has 3 aromatic rings. The quantitative estimate of drug-likeness (QED) is 0.382. The third-order valence-electron chi connectivity index (χ3n) is 4.75. The summed E-state index contributed by atoms with van der Waals surface area (Å²) in [5.74, 6) is -0.994. The molecule has 0 aromatic heterocycles. The molecular formula is C26H19N3O5. The molecule has 0 aliphatic rings. The van der Waals surface area contributed by atoms with Crippen LogP contribution in [-0.4, -0.2) is 24.1 Å². The molecule has 0 radical (unpaired) electrons. The van der Waals surface area contributed by atoms with Gasteiger partial charge in [-0.2, -0.15) is 10.5 Å². The lowest BCUT2D eigenvalue weighted by atomic mass is 10.1. The number of nitriles is 2. The Morgan fingerprint density at radius 1 is 1.03 bits per heavy atom. The van der Waals surface area contributed by atoms with Crippen LogP contribution >= 0.6 is 0 Å². The highest BCUT2D eigenvalue weighted by atomic mass is 16.5. The molecule has 3 aromatic carbocycles. The standard InChI is InChI=1S/C26H19N3O5/c1-33-24-12-17(9-10-23(24)34-16-20-6-3-2-5-19(20)14-27)11-21(15-28)25(30)29-22-8-4-7-18(13-22)26(31)32/h2-13H,16H2,1H3,(H,29,30)(H,31,32)/b21-11-. The zero-order valence-electron chi connectivity index (χ0n) is 18.1. The lowest BCUT2D eigenvalue weighted by Gasteiger charge is -2.12. The van der Waals surface area contributed by atoms with Crippen molar-refractivity contribution in [1.29, 1.82) is 10.5 Å². The van der Waals surface area contributed by atoms with Gasteiger partial charge in [0, 0.05) is 11.3 Å². The molecule has 0 saturated heterocycles. The van der Waals surface area contributed by atoms with E-state index >= 15 is 0 Å². The van der Waals surface area contributed by atoms with Crippen molar-refractivity contribution in [3.63, 3.8) is 0 Å². The third-order valence-corrected chi connectivity index (χ3v) is 4.75. The zero-order chi connectivity index (χ0) is 24.5. The van der Waals surface area contributed by atoms with Crippen molar-refractivity contribution in [2.45, 2.75) is 6.61 Å². The van der Waals surface area contributed by atoms with E-state index in [0.717, 1.165) is 5.56 Å². The van der Waals surface area contributed by atoms with Gasteiger partial charge in [0.25, 0.3) is 5.91 Å². The largest absolute Gasteiger partial charge is 0.493 e. The van der Waals surface area contributed by atoms with Gasteiger partial charge in [0.15, 0.2) is 11.5 Å². The minimum atomic E-state index is -1.13. The summed E-state index contributed by atoms with van der Waals surface area (Å²) >= 11 is 0. The molecule has 0 bridgehead atoms. The summed E-state index contributed by atoms with van der Waals surface area (Å²) in [5.41, 5.74) is 1.85. The highest BCUT2D eigenvalue weighted by molar-refractivity contribution is 6.10. The first kappa shape index (κ1) is 23.6. The monoisotopic (exact) mass is 453 g/mol. The first-order valence-electron chi connectivity index (χ1n) is 10.0.